The van der Waals surface area contributed by atoms with Crippen LogP contribution in [0.15, 0.2) is 76.5 Å². The largest absolute Gasteiger partial charge is 0.490 e. The Labute approximate surface area is 191 Å². The molecule has 0 spiro atoms. The van der Waals surface area contributed by atoms with Crippen LogP contribution in [0.5, 0.6) is 11.5 Å². The van der Waals surface area contributed by atoms with Gasteiger partial charge in [0.25, 0.3) is 20.0 Å². The molecule has 1 heterocycles. The average Bonchev–Trinajstić information content (AvgIpc) is 3.00. The van der Waals surface area contributed by atoms with Crippen molar-refractivity contribution < 1.29 is 26.3 Å². The molecule has 0 aromatic heterocycles. The third kappa shape index (κ3) is 4.93. The fraction of sp³-hybridized carbons (Fsp3) is 0.143. The van der Waals surface area contributed by atoms with Crippen molar-refractivity contribution in [2.24, 2.45) is 0 Å². The summed E-state index contributed by atoms with van der Waals surface area (Å²) in [5.74, 6) is 0.867. The monoisotopic (exact) mass is 494 g/mol. The minimum absolute atomic E-state index is 0.0187. The second-order valence-electron chi connectivity index (χ2n) is 6.88. The molecule has 0 saturated carbocycles. The van der Waals surface area contributed by atoms with Crippen molar-refractivity contribution in [2.75, 3.05) is 22.7 Å². The van der Waals surface area contributed by atoms with Crippen molar-refractivity contribution in [3.63, 3.8) is 0 Å². The molecule has 0 unspecified atom stereocenters. The van der Waals surface area contributed by atoms with E-state index in [2.05, 4.69) is 9.44 Å². The summed E-state index contributed by atoms with van der Waals surface area (Å²) in [6, 6.07) is 16.3. The molecule has 0 fully saturated rings. The van der Waals surface area contributed by atoms with Crippen molar-refractivity contribution in [1.82, 2.24) is 0 Å². The van der Waals surface area contributed by atoms with Gasteiger partial charge in [0.2, 0.25) is 0 Å². The molecule has 168 valence electrons. The van der Waals surface area contributed by atoms with Crippen LogP contribution in [-0.2, 0) is 20.0 Å². The molecule has 0 radical (unpaired) electrons. The van der Waals surface area contributed by atoms with Crippen molar-refractivity contribution in [3.05, 3.63) is 71.8 Å². The first kappa shape index (κ1) is 22.3. The minimum Gasteiger partial charge on any atom is -0.490 e. The smallest absolute Gasteiger partial charge is 0.263 e. The highest BCUT2D eigenvalue weighted by Crippen LogP contribution is 2.32. The number of halogens is 1. The van der Waals surface area contributed by atoms with Gasteiger partial charge in [-0.3, -0.25) is 9.44 Å². The molecule has 3 aromatic carbocycles. The Morgan fingerprint density at radius 2 is 1.31 bits per heavy atom. The number of nitrogens with one attached hydrogen (secondary N) is 2. The van der Waals surface area contributed by atoms with E-state index in [-0.39, 0.29) is 26.2 Å². The molecule has 0 aliphatic carbocycles. The number of fused-ring (bicyclic) bond motifs is 1. The minimum atomic E-state index is -3.90. The predicted molar refractivity (Wildman–Crippen MR) is 122 cm³/mol. The number of benzene rings is 3. The quantitative estimate of drug-likeness (QED) is 0.533. The van der Waals surface area contributed by atoms with Gasteiger partial charge < -0.3 is 9.47 Å². The molecule has 0 atom stereocenters. The van der Waals surface area contributed by atoms with Crippen molar-refractivity contribution in [1.29, 1.82) is 0 Å². The molecule has 0 bridgehead atoms. The van der Waals surface area contributed by atoms with Gasteiger partial charge >= 0.3 is 0 Å². The standard InChI is InChI=1S/C21H19ClN2O6S2/c22-18-4-1-2-5-21(18)32(27,28)24-16-8-6-15(7-9-16)23-31(25,26)17-10-11-19-20(14-17)30-13-3-12-29-19/h1-2,4-11,14,23-24H,3,12-13H2. The van der Waals surface area contributed by atoms with E-state index < -0.39 is 20.0 Å². The summed E-state index contributed by atoms with van der Waals surface area (Å²) in [6.07, 6.45) is 0.710. The molecule has 11 heteroatoms. The lowest BCUT2D eigenvalue weighted by Gasteiger charge is -2.13. The van der Waals surface area contributed by atoms with E-state index in [1.807, 2.05) is 0 Å². The Balaban J connectivity index is 1.50. The van der Waals surface area contributed by atoms with E-state index in [0.29, 0.717) is 31.1 Å². The van der Waals surface area contributed by atoms with Gasteiger partial charge in [0.05, 0.1) is 23.1 Å². The van der Waals surface area contributed by atoms with E-state index in [0.717, 1.165) is 0 Å². The summed E-state index contributed by atoms with van der Waals surface area (Å²) in [5.41, 5.74) is 0.515. The predicted octanol–water partition coefficient (Wildman–Crippen LogP) is 4.10. The van der Waals surface area contributed by atoms with E-state index in [9.17, 15) is 16.8 Å². The van der Waals surface area contributed by atoms with Crippen LogP contribution < -0.4 is 18.9 Å². The maximum atomic E-state index is 12.8. The van der Waals surface area contributed by atoms with Crippen LogP contribution in [0.4, 0.5) is 11.4 Å². The maximum Gasteiger partial charge on any atom is 0.263 e. The summed E-state index contributed by atoms with van der Waals surface area (Å²) >= 11 is 5.97. The SMILES string of the molecule is O=S(=O)(Nc1ccc(NS(=O)(=O)c2ccccc2Cl)cc1)c1ccc2c(c1)OCCCO2. The van der Waals surface area contributed by atoms with Crippen molar-refractivity contribution in [2.45, 2.75) is 16.2 Å². The van der Waals surface area contributed by atoms with E-state index in [1.54, 1.807) is 18.2 Å². The molecule has 0 saturated heterocycles. The second-order valence-corrected chi connectivity index (χ2v) is 10.6. The Bertz CT molecular complexity index is 1340. The van der Waals surface area contributed by atoms with Crippen LogP contribution in [0.2, 0.25) is 5.02 Å². The van der Waals surface area contributed by atoms with Crippen LogP contribution in [0.25, 0.3) is 0 Å². The van der Waals surface area contributed by atoms with E-state index in [1.165, 1.54) is 48.5 Å². The summed E-state index contributed by atoms with van der Waals surface area (Å²) < 4.78 is 66.6. The lowest BCUT2D eigenvalue weighted by Crippen LogP contribution is -2.14. The molecule has 1 aliphatic rings. The number of hydrogen-bond donors (Lipinski definition) is 2. The van der Waals surface area contributed by atoms with Gasteiger partial charge in [-0.2, -0.15) is 0 Å². The summed E-state index contributed by atoms with van der Waals surface area (Å²) in [5, 5.41) is 0.0968. The fourth-order valence-corrected chi connectivity index (χ4v) is 5.66. The average molecular weight is 495 g/mol. The maximum absolute atomic E-state index is 12.8. The molecule has 1 aliphatic heterocycles. The van der Waals surface area contributed by atoms with Crippen LogP contribution in [-0.4, -0.2) is 30.0 Å². The zero-order chi connectivity index (χ0) is 22.8. The van der Waals surface area contributed by atoms with Gasteiger partial charge in [-0.25, -0.2) is 16.8 Å². The third-order valence-corrected chi connectivity index (χ3v) is 7.80. The lowest BCUT2D eigenvalue weighted by molar-refractivity contribution is 0.297. The number of rotatable bonds is 6. The Kier molecular flexibility index (Phi) is 6.18. The first-order valence-electron chi connectivity index (χ1n) is 9.54. The number of sulfonamides is 2. The molecule has 2 N–H and O–H groups in total. The van der Waals surface area contributed by atoms with Crippen LogP contribution in [0, 0.1) is 0 Å². The van der Waals surface area contributed by atoms with Crippen molar-refractivity contribution >= 4 is 43.0 Å². The van der Waals surface area contributed by atoms with Crippen LogP contribution in [0.3, 0.4) is 0 Å². The highest BCUT2D eigenvalue weighted by atomic mass is 35.5. The summed E-state index contributed by atoms with van der Waals surface area (Å²) in [7, 11) is -7.79. The fourth-order valence-electron chi connectivity index (χ4n) is 3.00. The topological polar surface area (TPSA) is 111 Å². The zero-order valence-corrected chi connectivity index (χ0v) is 19.0. The normalized spacial score (nSPS) is 13.8. The van der Waals surface area contributed by atoms with Gasteiger partial charge in [-0.1, -0.05) is 23.7 Å². The van der Waals surface area contributed by atoms with E-state index in [4.69, 9.17) is 21.1 Å². The molecule has 3 aromatic rings. The molecule has 0 amide bonds. The number of hydrogen-bond acceptors (Lipinski definition) is 6. The summed E-state index contributed by atoms with van der Waals surface area (Å²) in [4.78, 5) is -0.0360. The summed E-state index contributed by atoms with van der Waals surface area (Å²) in [6.45, 7) is 0.944. The first-order valence-corrected chi connectivity index (χ1v) is 12.9. The van der Waals surface area contributed by atoms with Crippen molar-refractivity contribution in [3.8, 4) is 11.5 Å². The van der Waals surface area contributed by atoms with Crippen LogP contribution >= 0.6 is 11.6 Å². The second kappa shape index (κ2) is 8.89. The van der Waals surface area contributed by atoms with Gasteiger partial charge in [-0.05, 0) is 48.5 Å². The molecule has 32 heavy (non-hydrogen) atoms. The lowest BCUT2D eigenvalue weighted by atomic mass is 10.3. The molecular weight excluding hydrogens is 476 g/mol. The van der Waals surface area contributed by atoms with Gasteiger partial charge in [0.1, 0.15) is 4.90 Å². The number of anilines is 2. The zero-order valence-electron chi connectivity index (χ0n) is 16.6. The third-order valence-electron chi connectivity index (χ3n) is 4.54. The molecular formula is C21H19ClN2O6S2. The molecule has 8 nitrogen and oxygen atoms in total. The Morgan fingerprint density at radius 3 is 1.97 bits per heavy atom. The van der Waals surface area contributed by atoms with Crippen LogP contribution in [0.1, 0.15) is 6.42 Å². The highest BCUT2D eigenvalue weighted by molar-refractivity contribution is 7.93. The first-order chi connectivity index (χ1) is 15.2. The Hall–Kier alpha value is -2.95. The van der Waals surface area contributed by atoms with Gasteiger partial charge in [0, 0.05) is 23.9 Å². The van der Waals surface area contributed by atoms with Gasteiger partial charge in [0.15, 0.2) is 11.5 Å². The Morgan fingerprint density at radius 1 is 0.719 bits per heavy atom. The van der Waals surface area contributed by atoms with Gasteiger partial charge in [-0.15, -0.1) is 0 Å². The number of ether oxygens (including phenoxy) is 2. The highest BCUT2D eigenvalue weighted by Gasteiger charge is 2.20. The van der Waals surface area contributed by atoms with E-state index >= 15 is 0 Å². The molecule has 4 rings (SSSR count).